The summed E-state index contributed by atoms with van der Waals surface area (Å²) in [6.45, 7) is 6.72. The van der Waals surface area contributed by atoms with Crippen molar-refractivity contribution in [2.45, 2.75) is 65.0 Å². The van der Waals surface area contributed by atoms with Crippen LogP contribution in [0.5, 0.6) is 0 Å². The molecule has 0 fully saturated rings. The predicted octanol–water partition coefficient (Wildman–Crippen LogP) is 2.69. The van der Waals surface area contributed by atoms with E-state index in [1.165, 1.54) is 46.5 Å². The van der Waals surface area contributed by atoms with Gasteiger partial charge in [-0.3, -0.25) is 14.4 Å². The molecule has 218 valence electrons. The minimum Gasteiger partial charge on any atom is -0.492 e. The summed E-state index contributed by atoms with van der Waals surface area (Å²) < 4.78 is 21.6. The van der Waals surface area contributed by atoms with Gasteiger partial charge in [-0.2, -0.15) is 0 Å². The number of primary amides is 1. The first-order chi connectivity index (χ1) is 18.8. The topological polar surface area (TPSA) is 164 Å². The number of carbonyl (C=O) groups is 4. The Morgan fingerprint density at radius 2 is 1.77 bits per heavy atom. The second-order valence-electron chi connectivity index (χ2n) is 9.76. The Hall–Kier alpha value is -3.67. The lowest BCUT2D eigenvalue weighted by Gasteiger charge is -2.28. The number of carbonyl (C=O) groups excluding carboxylic acids is 4. The summed E-state index contributed by atoms with van der Waals surface area (Å²) >= 11 is 0. The molecule has 2 rings (SSSR count). The van der Waals surface area contributed by atoms with Crippen molar-refractivity contribution in [3.63, 3.8) is 0 Å². The van der Waals surface area contributed by atoms with Crippen LogP contribution in [0.1, 0.15) is 40.5 Å². The molecule has 40 heavy (non-hydrogen) atoms. The summed E-state index contributed by atoms with van der Waals surface area (Å²) in [5.41, 5.74) is 6.46. The van der Waals surface area contributed by atoms with Gasteiger partial charge in [-0.25, -0.2) is 9.79 Å². The van der Waals surface area contributed by atoms with Crippen molar-refractivity contribution in [3.05, 3.63) is 58.4 Å². The Morgan fingerprint density at radius 1 is 1.10 bits per heavy atom. The van der Waals surface area contributed by atoms with Crippen LogP contribution in [-0.2, 0) is 33.3 Å². The van der Waals surface area contributed by atoms with Gasteiger partial charge >= 0.3 is 6.09 Å². The molecule has 2 amide bonds. The third kappa shape index (κ3) is 8.17. The molecule has 0 aromatic carbocycles. The Morgan fingerprint density at radius 3 is 2.35 bits per heavy atom. The number of amides is 2. The molecule has 3 N–H and O–H groups in total. The standard InChI is InChI=1S/C29H38N2O9/c1-15-11-19-25(34)20(14-21(32)27(19)39-7)31-28(35)16(2)9-8-10-22(37-5)26(40-29(30)36)18(4)13-17(3)24(33)23(12-15)38-6/h8-11,13,17,22-24,26,33H,12,14H2,1-7H3,(H2,30,36)/b10-8-,15-11+,16-9+,18-13+,31-20?/t17-,22-,23-,24+,26-/m0/s1. The van der Waals surface area contributed by atoms with Gasteiger partial charge < -0.3 is 29.8 Å². The molecule has 1 heterocycles. The smallest absolute Gasteiger partial charge is 0.405 e. The molecule has 2 aliphatic rings. The first-order valence-corrected chi connectivity index (χ1v) is 12.7. The van der Waals surface area contributed by atoms with Crippen molar-refractivity contribution in [2.24, 2.45) is 16.6 Å². The van der Waals surface area contributed by atoms with Crippen LogP contribution in [0.4, 0.5) is 4.79 Å². The van der Waals surface area contributed by atoms with E-state index in [4.69, 9.17) is 24.7 Å². The minimum atomic E-state index is -1.01. The molecule has 0 aromatic heterocycles. The van der Waals surface area contributed by atoms with Crippen molar-refractivity contribution in [2.75, 3.05) is 21.3 Å². The van der Waals surface area contributed by atoms with Gasteiger partial charge in [0.15, 0.2) is 11.9 Å². The lowest BCUT2D eigenvalue weighted by molar-refractivity contribution is -0.120. The number of methoxy groups -OCH3 is 3. The molecule has 0 saturated carbocycles. The summed E-state index contributed by atoms with van der Waals surface area (Å²) in [5.74, 6) is -2.38. The van der Waals surface area contributed by atoms with E-state index in [9.17, 15) is 24.3 Å². The second kappa shape index (κ2) is 14.6. The lowest BCUT2D eigenvalue weighted by Crippen LogP contribution is -2.36. The third-order valence-corrected chi connectivity index (χ3v) is 6.68. The maximum atomic E-state index is 13.3. The summed E-state index contributed by atoms with van der Waals surface area (Å²) in [5, 5.41) is 11.1. The number of allylic oxidation sites excluding steroid dienone is 5. The van der Waals surface area contributed by atoms with Crippen LogP contribution in [0, 0.1) is 5.92 Å². The van der Waals surface area contributed by atoms with Gasteiger partial charge in [0.05, 0.1) is 31.3 Å². The lowest BCUT2D eigenvalue weighted by atomic mass is 9.89. The number of ketones is 2. The largest absolute Gasteiger partial charge is 0.492 e. The van der Waals surface area contributed by atoms with Gasteiger partial charge in [0, 0.05) is 25.7 Å². The number of fused-ring (bicyclic) bond motifs is 2. The van der Waals surface area contributed by atoms with Crippen LogP contribution in [0.2, 0.25) is 0 Å². The number of ether oxygens (including phenoxy) is 4. The number of aliphatic hydroxyl groups is 1. The Labute approximate surface area is 234 Å². The van der Waals surface area contributed by atoms with Crippen molar-refractivity contribution < 1.29 is 43.2 Å². The van der Waals surface area contributed by atoms with E-state index in [0.29, 0.717) is 11.1 Å². The number of nitrogens with two attached hydrogens (primary N) is 1. The van der Waals surface area contributed by atoms with E-state index in [-0.39, 0.29) is 35.5 Å². The maximum Gasteiger partial charge on any atom is 0.405 e. The Kier molecular flexibility index (Phi) is 11.9. The highest BCUT2D eigenvalue weighted by atomic mass is 16.6. The van der Waals surface area contributed by atoms with Crippen LogP contribution in [-0.4, -0.2) is 80.1 Å². The van der Waals surface area contributed by atoms with Gasteiger partial charge in [-0.05, 0) is 38.8 Å². The van der Waals surface area contributed by atoms with Crippen LogP contribution >= 0.6 is 0 Å². The molecular weight excluding hydrogens is 520 g/mol. The normalized spacial score (nSPS) is 32.2. The molecule has 0 unspecified atom stereocenters. The highest BCUT2D eigenvalue weighted by Crippen LogP contribution is 2.26. The van der Waals surface area contributed by atoms with E-state index in [0.717, 1.165) is 0 Å². The summed E-state index contributed by atoms with van der Waals surface area (Å²) in [4.78, 5) is 54.4. The molecule has 1 aliphatic heterocycles. The van der Waals surface area contributed by atoms with Crippen molar-refractivity contribution >= 4 is 29.3 Å². The predicted molar refractivity (Wildman–Crippen MR) is 147 cm³/mol. The number of Topliss-reactive ketones (excluding diaryl/α,β-unsaturated/α-hetero) is 2. The number of hydrogen-bond acceptors (Lipinski definition) is 9. The number of nitrogens with zero attached hydrogens (tertiary/aromatic N) is 1. The molecule has 11 heteroatoms. The number of hydrogen-bond donors (Lipinski definition) is 2. The average Bonchev–Trinajstić information content (AvgIpc) is 2.90. The summed E-state index contributed by atoms with van der Waals surface area (Å²) in [6, 6.07) is 0. The Balaban J connectivity index is 2.71. The third-order valence-electron chi connectivity index (χ3n) is 6.68. The van der Waals surface area contributed by atoms with Crippen LogP contribution in [0.15, 0.2) is 63.4 Å². The monoisotopic (exact) mass is 558 g/mol. The SMILES string of the molecule is COC1=C2/C=C(\C)C[C@H](OC)[C@H](O)[C@@H](C)/C=C(\C)[C@H](OC(N)=O)[C@@H](OC)/C=C\C=C(/C)C(=O)N=C(CC1=O)C2=O. The fourth-order valence-corrected chi connectivity index (χ4v) is 4.52. The zero-order valence-corrected chi connectivity index (χ0v) is 23.9. The Bertz CT molecular complexity index is 1210. The van der Waals surface area contributed by atoms with Gasteiger partial charge in [-0.15, -0.1) is 0 Å². The zero-order chi connectivity index (χ0) is 30.1. The molecule has 1 aliphatic carbocycles. The van der Waals surface area contributed by atoms with E-state index in [2.05, 4.69) is 4.99 Å². The van der Waals surface area contributed by atoms with Gasteiger partial charge in [0.2, 0.25) is 11.6 Å². The number of aliphatic imine (C=N–C) groups is 1. The molecule has 2 bridgehead atoms. The molecule has 0 radical (unpaired) electrons. The van der Waals surface area contributed by atoms with Crippen LogP contribution < -0.4 is 5.73 Å². The molecule has 5 atom stereocenters. The summed E-state index contributed by atoms with van der Waals surface area (Å²) in [6.07, 6.45) is 3.16. The first-order valence-electron chi connectivity index (χ1n) is 12.7. The maximum absolute atomic E-state index is 13.3. The van der Waals surface area contributed by atoms with Crippen LogP contribution in [0.25, 0.3) is 0 Å². The molecular formula is C29H38N2O9. The quantitative estimate of drug-likeness (QED) is 0.494. The van der Waals surface area contributed by atoms with Crippen molar-refractivity contribution in [1.82, 2.24) is 0 Å². The minimum absolute atomic E-state index is 0.0234. The van der Waals surface area contributed by atoms with E-state index < -0.39 is 53.9 Å². The van der Waals surface area contributed by atoms with E-state index in [1.807, 2.05) is 0 Å². The van der Waals surface area contributed by atoms with E-state index in [1.54, 1.807) is 32.9 Å². The van der Waals surface area contributed by atoms with Crippen LogP contribution in [0.3, 0.4) is 0 Å². The zero-order valence-electron chi connectivity index (χ0n) is 23.9. The molecule has 11 nitrogen and oxygen atoms in total. The van der Waals surface area contributed by atoms with Gasteiger partial charge in [0.1, 0.15) is 11.8 Å². The highest BCUT2D eigenvalue weighted by Gasteiger charge is 2.33. The van der Waals surface area contributed by atoms with Gasteiger partial charge in [-0.1, -0.05) is 36.8 Å². The second-order valence-corrected chi connectivity index (χ2v) is 9.76. The van der Waals surface area contributed by atoms with Crippen molar-refractivity contribution in [3.8, 4) is 0 Å². The number of aliphatic hydroxyl groups excluding tert-OH is 1. The molecule has 0 spiro atoms. The molecule has 0 saturated heterocycles. The fraction of sp³-hybridized carbons (Fsp3) is 0.483. The fourth-order valence-electron chi connectivity index (χ4n) is 4.52. The molecule has 0 aromatic rings. The van der Waals surface area contributed by atoms with E-state index >= 15 is 0 Å². The highest BCUT2D eigenvalue weighted by molar-refractivity contribution is 6.53. The van der Waals surface area contributed by atoms with Gasteiger partial charge in [0.25, 0.3) is 5.91 Å². The number of rotatable bonds is 4. The average molecular weight is 559 g/mol. The first kappa shape index (κ1) is 32.5. The summed E-state index contributed by atoms with van der Waals surface area (Å²) in [7, 11) is 4.16. The van der Waals surface area contributed by atoms with Crippen molar-refractivity contribution in [1.29, 1.82) is 0 Å².